The number of hydrogen-bond donors (Lipinski definition) is 1. The van der Waals surface area contributed by atoms with Crippen molar-refractivity contribution in [1.82, 2.24) is 4.90 Å². The van der Waals surface area contributed by atoms with Gasteiger partial charge in [-0.1, -0.05) is 13.0 Å². The van der Waals surface area contributed by atoms with Gasteiger partial charge >= 0.3 is 6.03 Å². The first kappa shape index (κ1) is 15.3. The molecule has 4 nitrogen and oxygen atoms in total. The summed E-state index contributed by atoms with van der Waals surface area (Å²) in [6.45, 7) is 3.74. The highest BCUT2D eigenvalue weighted by molar-refractivity contribution is 5.89. The smallest absolute Gasteiger partial charge is 0.321 e. The molecule has 1 aliphatic heterocycles. The summed E-state index contributed by atoms with van der Waals surface area (Å²) in [6.07, 6.45) is 1.05. The molecule has 23 heavy (non-hydrogen) atoms. The molecule has 2 aromatic rings. The van der Waals surface area contributed by atoms with Crippen LogP contribution in [-0.4, -0.2) is 24.0 Å². The number of nitrogens with one attached hydrogen (secondary N) is 1. The third kappa shape index (κ3) is 4.00. The Kier molecular flexibility index (Phi) is 4.46. The van der Waals surface area contributed by atoms with Crippen LogP contribution in [0.5, 0.6) is 11.5 Å². The van der Waals surface area contributed by atoms with Gasteiger partial charge in [0, 0.05) is 24.8 Å². The predicted molar refractivity (Wildman–Crippen MR) is 87.3 cm³/mol. The molecule has 1 atom stereocenters. The van der Waals surface area contributed by atoms with Gasteiger partial charge in [0.05, 0.1) is 0 Å². The Morgan fingerprint density at radius 2 is 2.00 bits per heavy atom. The highest BCUT2D eigenvalue weighted by Gasteiger charge is 2.22. The van der Waals surface area contributed by atoms with Gasteiger partial charge in [0.25, 0.3) is 0 Å². The second-order valence-electron chi connectivity index (χ2n) is 5.85. The Bertz CT molecular complexity index is 688. The first-order chi connectivity index (χ1) is 11.1. The number of hydrogen-bond acceptors (Lipinski definition) is 2. The largest absolute Gasteiger partial charge is 0.457 e. The van der Waals surface area contributed by atoms with E-state index in [1.165, 1.54) is 12.1 Å². The number of rotatable bonds is 3. The zero-order valence-corrected chi connectivity index (χ0v) is 13.0. The third-order valence-corrected chi connectivity index (χ3v) is 3.85. The van der Waals surface area contributed by atoms with Crippen molar-refractivity contribution in [2.45, 2.75) is 13.3 Å². The molecule has 1 saturated heterocycles. The molecule has 0 spiro atoms. The first-order valence-electron chi connectivity index (χ1n) is 7.69. The SMILES string of the molecule is CC1CCN(C(=O)Nc2ccc(Oc3cccc(F)c3)cc2)C1. The number of carbonyl (C=O) groups excluding carboxylic acids is 1. The van der Waals surface area contributed by atoms with Crippen molar-refractivity contribution in [3.05, 3.63) is 54.3 Å². The lowest BCUT2D eigenvalue weighted by Gasteiger charge is -2.17. The quantitative estimate of drug-likeness (QED) is 0.907. The van der Waals surface area contributed by atoms with Crippen molar-refractivity contribution in [2.75, 3.05) is 18.4 Å². The van der Waals surface area contributed by atoms with Crippen molar-refractivity contribution in [3.8, 4) is 11.5 Å². The highest BCUT2D eigenvalue weighted by atomic mass is 19.1. The molecule has 1 fully saturated rings. The first-order valence-corrected chi connectivity index (χ1v) is 7.69. The maximum absolute atomic E-state index is 13.1. The van der Waals surface area contributed by atoms with E-state index >= 15 is 0 Å². The molecule has 3 rings (SSSR count). The van der Waals surface area contributed by atoms with Crippen LogP contribution < -0.4 is 10.1 Å². The van der Waals surface area contributed by atoms with Crippen molar-refractivity contribution < 1.29 is 13.9 Å². The fourth-order valence-electron chi connectivity index (χ4n) is 2.59. The molecule has 1 aliphatic rings. The van der Waals surface area contributed by atoms with Gasteiger partial charge in [-0.15, -0.1) is 0 Å². The van der Waals surface area contributed by atoms with Gasteiger partial charge in [0.1, 0.15) is 17.3 Å². The van der Waals surface area contributed by atoms with Gasteiger partial charge in [-0.3, -0.25) is 0 Å². The zero-order valence-electron chi connectivity index (χ0n) is 13.0. The number of urea groups is 1. The minimum Gasteiger partial charge on any atom is -0.457 e. The molecule has 0 saturated carbocycles. The molecule has 0 bridgehead atoms. The average molecular weight is 314 g/mol. The number of anilines is 1. The Hall–Kier alpha value is -2.56. The predicted octanol–water partition coefficient (Wildman–Crippen LogP) is 4.49. The second-order valence-corrected chi connectivity index (χ2v) is 5.85. The summed E-state index contributed by atoms with van der Waals surface area (Å²) in [5, 5.41) is 2.88. The van der Waals surface area contributed by atoms with Gasteiger partial charge in [-0.05, 0) is 48.7 Å². The summed E-state index contributed by atoms with van der Waals surface area (Å²) in [5.74, 6) is 1.24. The van der Waals surface area contributed by atoms with E-state index in [4.69, 9.17) is 4.74 Å². The summed E-state index contributed by atoms with van der Waals surface area (Å²) in [7, 11) is 0. The Morgan fingerprint density at radius 1 is 1.22 bits per heavy atom. The molecule has 0 aromatic heterocycles. The van der Waals surface area contributed by atoms with Crippen LogP contribution in [-0.2, 0) is 0 Å². The van der Waals surface area contributed by atoms with Crippen molar-refractivity contribution >= 4 is 11.7 Å². The van der Waals surface area contributed by atoms with Gasteiger partial charge in [0.2, 0.25) is 0 Å². The number of nitrogens with zero attached hydrogens (tertiary/aromatic N) is 1. The fourth-order valence-corrected chi connectivity index (χ4v) is 2.59. The van der Waals surface area contributed by atoms with Crippen molar-refractivity contribution in [3.63, 3.8) is 0 Å². The highest BCUT2D eigenvalue weighted by Crippen LogP contribution is 2.24. The van der Waals surface area contributed by atoms with Gasteiger partial charge < -0.3 is 15.0 Å². The van der Waals surface area contributed by atoms with Crippen molar-refractivity contribution in [1.29, 1.82) is 0 Å². The van der Waals surface area contributed by atoms with Gasteiger partial charge in [-0.25, -0.2) is 9.18 Å². The van der Waals surface area contributed by atoms with E-state index in [1.807, 2.05) is 4.90 Å². The number of halogens is 1. The molecule has 0 aliphatic carbocycles. The molecule has 120 valence electrons. The summed E-state index contributed by atoms with van der Waals surface area (Å²) in [4.78, 5) is 13.9. The van der Waals surface area contributed by atoms with Gasteiger partial charge in [-0.2, -0.15) is 0 Å². The molecule has 0 radical (unpaired) electrons. The number of likely N-dealkylation sites (tertiary alicyclic amines) is 1. The third-order valence-electron chi connectivity index (χ3n) is 3.85. The van der Waals surface area contributed by atoms with E-state index < -0.39 is 0 Å². The number of benzene rings is 2. The molecular formula is C18H19FN2O2. The summed E-state index contributed by atoms with van der Waals surface area (Å²) < 4.78 is 18.7. The normalized spacial score (nSPS) is 17.1. The molecular weight excluding hydrogens is 295 g/mol. The minimum absolute atomic E-state index is 0.0758. The molecule has 1 unspecified atom stereocenters. The summed E-state index contributed by atoms with van der Waals surface area (Å²) in [5.41, 5.74) is 0.709. The minimum atomic E-state index is -0.341. The molecule has 1 heterocycles. The Balaban J connectivity index is 1.59. The number of carbonyl (C=O) groups is 1. The van der Waals surface area contributed by atoms with E-state index in [1.54, 1.807) is 36.4 Å². The molecule has 5 heteroatoms. The molecule has 2 aromatic carbocycles. The Labute approximate surface area is 134 Å². The topological polar surface area (TPSA) is 41.6 Å². The monoisotopic (exact) mass is 314 g/mol. The molecule has 1 N–H and O–H groups in total. The van der Waals surface area contributed by atoms with Crippen LogP contribution in [0.3, 0.4) is 0 Å². The maximum Gasteiger partial charge on any atom is 0.321 e. The van der Waals surface area contributed by atoms with Crippen LogP contribution in [0, 0.1) is 11.7 Å². The summed E-state index contributed by atoms with van der Waals surface area (Å²) in [6, 6.07) is 12.9. The fraction of sp³-hybridized carbons (Fsp3) is 0.278. The van der Waals surface area contributed by atoms with E-state index in [0.717, 1.165) is 19.5 Å². The second kappa shape index (κ2) is 6.69. The summed E-state index contributed by atoms with van der Waals surface area (Å²) >= 11 is 0. The van der Waals surface area contributed by atoms with Gasteiger partial charge in [0.15, 0.2) is 0 Å². The van der Waals surface area contributed by atoms with Crippen LogP contribution >= 0.6 is 0 Å². The lowest BCUT2D eigenvalue weighted by molar-refractivity contribution is 0.221. The number of amides is 2. The van der Waals surface area contributed by atoms with Crippen LogP contribution in [0.4, 0.5) is 14.9 Å². The average Bonchev–Trinajstić information content (AvgIpc) is 2.96. The van der Waals surface area contributed by atoms with Crippen LogP contribution in [0.2, 0.25) is 0 Å². The van der Waals surface area contributed by atoms with Crippen molar-refractivity contribution in [2.24, 2.45) is 5.92 Å². The van der Waals surface area contributed by atoms with E-state index in [9.17, 15) is 9.18 Å². The lowest BCUT2D eigenvalue weighted by atomic mass is 10.2. The zero-order chi connectivity index (χ0) is 16.2. The molecule has 2 amide bonds. The lowest BCUT2D eigenvalue weighted by Crippen LogP contribution is -2.32. The van der Waals surface area contributed by atoms with Crippen LogP contribution in [0.1, 0.15) is 13.3 Å². The van der Waals surface area contributed by atoms with E-state index in [0.29, 0.717) is 23.1 Å². The van der Waals surface area contributed by atoms with Crippen LogP contribution in [0.15, 0.2) is 48.5 Å². The van der Waals surface area contributed by atoms with Crippen LogP contribution in [0.25, 0.3) is 0 Å². The number of ether oxygens (including phenoxy) is 1. The Morgan fingerprint density at radius 3 is 2.65 bits per heavy atom. The standard InChI is InChI=1S/C18H19FN2O2/c1-13-9-10-21(12-13)18(22)20-15-5-7-16(8-6-15)23-17-4-2-3-14(19)11-17/h2-8,11,13H,9-10,12H2,1H3,(H,20,22). The van der Waals surface area contributed by atoms with E-state index in [2.05, 4.69) is 12.2 Å². The van der Waals surface area contributed by atoms with E-state index in [-0.39, 0.29) is 11.8 Å². The maximum atomic E-state index is 13.1.